The van der Waals surface area contributed by atoms with Crippen LogP contribution in [-0.4, -0.2) is 32.1 Å². The Morgan fingerprint density at radius 2 is 2.05 bits per heavy atom. The summed E-state index contributed by atoms with van der Waals surface area (Å²) in [6, 6.07) is 3.47. The molecule has 0 radical (unpaired) electrons. The highest BCUT2D eigenvalue weighted by Gasteiger charge is 2.15. The summed E-state index contributed by atoms with van der Waals surface area (Å²) < 4.78 is 0.560. The Morgan fingerprint density at radius 1 is 1.29 bits per heavy atom. The van der Waals surface area contributed by atoms with Crippen molar-refractivity contribution in [1.82, 2.24) is 9.97 Å². The van der Waals surface area contributed by atoms with Gasteiger partial charge in [0.2, 0.25) is 5.91 Å². The number of nitrogens with zero attached hydrogens (tertiary/aromatic N) is 2. The first-order valence-corrected chi connectivity index (χ1v) is 6.80. The lowest BCUT2D eigenvalue weighted by molar-refractivity contribution is -0.117. The Morgan fingerprint density at radius 3 is 2.67 bits per heavy atom. The van der Waals surface area contributed by atoms with E-state index in [9.17, 15) is 15.0 Å². The van der Waals surface area contributed by atoms with E-state index >= 15 is 0 Å². The van der Waals surface area contributed by atoms with Gasteiger partial charge >= 0.3 is 0 Å². The van der Waals surface area contributed by atoms with Crippen molar-refractivity contribution in [3.05, 3.63) is 40.8 Å². The molecule has 0 aliphatic rings. The number of benzene rings is 1. The molecule has 0 aliphatic carbocycles. The van der Waals surface area contributed by atoms with Crippen LogP contribution >= 0.6 is 15.9 Å². The number of phenols is 2. The van der Waals surface area contributed by atoms with Crippen molar-refractivity contribution in [3.8, 4) is 11.5 Å². The molecule has 8 heteroatoms. The fraction of sp³-hybridized carbons (Fsp3) is 0.154. The molecule has 0 bridgehead atoms. The SMILES string of the molecule is N[C@@H](Cc1ccc(O)c(O)c1)C(=O)Nc1cnc(Br)cn1. The number of amides is 1. The maximum atomic E-state index is 11.9. The highest BCUT2D eigenvalue weighted by atomic mass is 79.9. The summed E-state index contributed by atoms with van der Waals surface area (Å²) >= 11 is 3.14. The minimum absolute atomic E-state index is 0.212. The van der Waals surface area contributed by atoms with Crippen molar-refractivity contribution in [2.75, 3.05) is 5.32 Å². The fourth-order valence-electron chi connectivity index (χ4n) is 1.64. The second-order valence-corrected chi connectivity index (χ2v) is 5.16. The van der Waals surface area contributed by atoms with E-state index in [0.717, 1.165) is 0 Å². The zero-order valence-electron chi connectivity index (χ0n) is 10.8. The van der Waals surface area contributed by atoms with Gasteiger partial charge in [0.1, 0.15) is 4.60 Å². The Labute approximate surface area is 129 Å². The summed E-state index contributed by atoms with van der Waals surface area (Å²) in [4.78, 5) is 19.8. The summed E-state index contributed by atoms with van der Waals surface area (Å²) in [5, 5.41) is 21.2. The molecule has 2 rings (SSSR count). The zero-order chi connectivity index (χ0) is 15.4. The normalized spacial score (nSPS) is 11.9. The number of hydrogen-bond donors (Lipinski definition) is 4. The van der Waals surface area contributed by atoms with E-state index in [1.165, 1.54) is 24.5 Å². The third kappa shape index (κ3) is 4.14. The van der Waals surface area contributed by atoms with Gasteiger partial charge in [-0.05, 0) is 40.0 Å². The molecule has 1 aromatic heterocycles. The average molecular weight is 353 g/mol. The van der Waals surface area contributed by atoms with E-state index in [4.69, 9.17) is 5.73 Å². The van der Waals surface area contributed by atoms with Gasteiger partial charge in [-0.25, -0.2) is 9.97 Å². The van der Waals surface area contributed by atoms with Gasteiger partial charge in [-0.15, -0.1) is 0 Å². The summed E-state index contributed by atoms with van der Waals surface area (Å²) in [5.74, 6) is -0.591. The Kier molecular flexibility index (Phi) is 4.71. The highest BCUT2D eigenvalue weighted by Crippen LogP contribution is 2.25. The number of carbonyl (C=O) groups excluding carboxylic acids is 1. The first-order chi connectivity index (χ1) is 9.95. The van der Waals surface area contributed by atoms with Crippen LogP contribution in [0.5, 0.6) is 11.5 Å². The number of anilines is 1. The third-order valence-electron chi connectivity index (χ3n) is 2.70. The maximum absolute atomic E-state index is 11.9. The van der Waals surface area contributed by atoms with Gasteiger partial charge < -0.3 is 21.3 Å². The van der Waals surface area contributed by atoms with E-state index in [1.807, 2.05) is 0 Å². The molecule has 1 amide bonds. The summed E-state index contributed by atoms with van der Waals surface area (Å²) in [6.07, 6.45) is 3.07. The maximum Gasteiger partial charge on any atom is 0.242 e. The van der Waals surface area contributed by atoms with Crippen LogP contribution in [0.25, 0.3) is 0 Å². The zero-order valence-corrected chi connectivity index (χ0v) is 12.4. The van der Waals surface area contributed by atoms with Gasteiger partial charge in [0.15, 0.2) is 17.3 Å². The van der Waals surface area contributed by atoms with E-state index in [1.54, 1.807) is 6.07 Å². The van der Waals surface area contributed by atoms with Gasteiger partial charge in [0.25, 0.3) is 0 Å². The van der Waals surface area contributed by atoms with E-state index in [2.05, 4.69) is 31.2 Å². The molecule has 110 valence electrons. The number of aromatic nitrogens is 2. The molecule has 5 N–H and O–H groups in total. The Bertz CT molecular complexity index is 648. The first kappa shape index (κ1) is 15.2. The standard InChI is InChI=1S/C13H13BrN4O3/c14-11-5-17-12(6-16-11)18-13(21)8(15)3-7-1-2-9(19)10(20)4-7/h1-2,4-6,8,19-20H,3,15H2,(H,17,18,21)/t8-/m0/s1. The molecule has 1 atom stereocenters. The quantitative estimate of drug-likeness (QED) is 0.612. The van der Waals surface area contributed by atoms with Gasteiger partial charge in [-0.2, -0.15) is 0 Å². The number of carbonyl (C=O) groups is 1. The molecule has 21 heavy (non-hydrogen) atoms. The minimum atomic E-state index is -0.820. The lowest BCUT2D eigenvalue weighted by atomic mass is 10.1. The molecule has 7 nitrogen and oxygen atoms in total. The number of aromatic hydroxyl groups is 2. The van der Waals surface area contributed by atoms with Crippen LogP contribution in [-0.2, 0) is 11.2 Å². The van der Waals surface area contributed by atoms with Crippen molar-refractivity contribution >= 4 is 27.7 Å². The number of phenolic OH excluding ortho intramolecular Hbond substituents is 2. The monoisotopic (exact) mass is 352 g/mol. The summed E-state index contributed by atoms with van der Waals surface area (Å²) in [7, 11) is 0. The summed E-state index contributed by atoms with van der Waals surface area (Å²) in [5.41, 5.74) is 6.44. The van der Waals surface area contributed by atoms with Gasteiger partial charge in [0, 0.05) is 0 Å². The number of rotatable bonds is 4. The molecule has 0 spiro atoms. The van der Waals surface area contributed by atoms with E-state index in [-0.39, 0.29) is 17.9 Å². The van der Waals surface area contributed by atoms with Crippen LogP contribution in [0.4, 0.5) is 5.82 Å². The van der Waals surface area contributed by atoms with Crippen molar-refractivity contribution in [2.24, 2.45) is 5.73 Å². The number of nitrogens with two attached hydrogens (primary N) is 1. The lowest BCUT2D eigenvalue weighted by Gasteiger charge is -2.12. The molecule has 0 saturated heterocycles. The molecule has 0 fully saturated rings. The highest BCUT2D eigenvalue weighted by molar-refractivity contribution is 9.10. The van der Waals surface area contributed by atoms with Crippen LogP contribution in [0, 0.1) is 0 Å². The van der Waals surface area contributed by atoms with E-state index < -0.39 is 11.9 Å². The molecular formula is C13H13BrN4O3. The molecule has 0 saturated carbocycles. The Hall–Kier alpha value is -2.19. The van der Waals surface area contributed by atoms with Crippen molar-refractivity contribution in [2.45, 2.75) is 12.5 Å². The molecule has 1 heterocycles. The Balaban J connectivity index is 1.98. The van der Waals surface area contributed by atoms with Gasteiger partial charge in [0.05, 0.1) is 18.4 Å². The second-order valence-electron chi connectivity index (χ2n) is 4.35. The smallest absolute Gasteiger partial charge is 0.242 e. The van der Waals surface area contributed by atoms with Crippen LogP contribution in [0.2, 0.25) is 0 Å². The lowest BCUT2D eigenvalue weighted by Crippen LogP contribution is -2.37. The third-order valence-corrected chi connectivity index (χ3v) is 3.11. The molecule has 1 aromatic carbocycles. The van der Waals surface area contributed by atoms with Crippen molar-refractivity contribution in [3.63, 3.8) is 0 Å². The van der Waals surface area contributed by atoms with Gasteiger partial charge in [-0.1, -0.05) is 6.07 Å². The molecular weight excluding hydrogens is 340 g/mol. The number of nitrogens with one attached hydrogen (secondary N) is 1. The minimum Gasteiger partial charge on any atom is -0.504 e. The number of hydrogen-bond acceptors (Lipinski definition) is 6. The summed E-state index contributed by atoms with van der Waals surface area (Å²) in [6.45, 7) is 0. The van der Waals surface area contributed by atoms with E-state index in [0.29, 0.717) is 16.0 Å². The molecule has 0 aliphatic heterocycles. The predicted octanol–water partition coefficient (Wildman–Crippen LogP) is 1.16. The van der Waals surface area contributed by atoms with Crippen molar-refractivity contribution in [1.29, 1.82) is 0 Å². The first-order valence-electron chi connectivity index (χ1n) is 6.00. The second kappa shape index (κ2) is 6.51. The number of halogens is 1. The largest absolute Gasteiger partial charge is 0.504 e. The molecule has 2 aromatic rings. The average Bonchev–Trinajstić information content (AvgIpc) is 2.45. The molecule has 0 unspecified atom stereocenters. The van der Waals surface area contributed by atoms with Crippen molar-refractivity contribution < 1.29 is 15.0 Å². The van der Waals surface area contributed by atoms with Crippen LogP contribution < -0.4 is 11.1 Å². The van der Waals surface area contributed by atoms with Gasteiger partial charge in [-0.3, -0.25) is 4.79 Å². The van der Waals surface area contributed by atoms with Crippen LogP contribution in [0.15, 0.2) is 35.2 Å². The fourth-order valence-corrected chi connectivity index (χ4v) is 1.84. The van der Waals surface area contributed by atoms with Crippen LogP contribution in [0.1, 0.15) is 5.56 Å². The predicted molar refractivity (Wildman–Crippen MR) is 79.8 cm³/mol. The van der Waals surface area contributed by atoms with Crippen LogP contribution in [0.3, 0.4) is 0 Å². The topological polar surface area (TPSA) is 121 Å².